The molecule has 1 amide bonds. The van der Waals surface area contributed by atoms with Gasteiger partial charge in [0, 0.05) is 38.4 Å². The van der Waals surface area contributed by atoms with E-state index in [1.54, 1.807) is 48.9 Å². The molecule has 0 radical (unpaired) electrons. The predicted molar refractivity (Wildman–Crippen MR) is 103 cm³/mol. The number of amides is 1. The zero-order valence-electron chi connectivity index (χ0n) is 15.1. The molecule has 2 heterocycles. The topological polar surface area (TPSA) is 92.3 Å². The normalized spacial score (nSPS) is 15.5. The first-order valence-corrected chi connectivity index (χ1v) is 10.8. The Bertz CT molecular complexity index is 836. The van der Waals surface area contributed by atoms with E-state index in [0.29, 0.717) is 12.5 Å². The maximum atomic E-state index is 12.2. The van der Waals surface area contributed by atoms with E-state index >= 15 is 0 Å². The second-order valence-corrected chi connectivity index (χ2v) is 8.79. The Morgan fingerprint density at radius 2 is 1.89 bits per heavy atom. The Morgan fingerprint density at radius 1 is 1.15 bits per heavy atom. The fourth-order valence-corrected chi connectivity index (χ4v) is 4.40. The summed E-state index contributed by atoms with van der Waals surface area (Å²) in [5, 5.41) is 2.88. The lowest BCUT2D eigenvalue weighted by Crippen LogP contribution is -2.39. The lowest BCUT2D eigenvalue weighted by atomic mass is 9.97. The Balaban J connectivity index is 1.39. The Morgan fingerprint density at radius 3 is 2.56 bits per heavy atom. The van der Waals surface area contributed by atoms with Crippen molar-refractivity contribution in [3.05, 3.63) is 48.9 Å². The third-order valence-electron chi connectivity index (χ3n) is 4.78. The van der Waals surface area contributed by atoms with Gasteiger partial charge in [-0.1, -0.05) is 18.2 Å². The lowest BCUT2D eigenvalue weighted by molar-refractivity contribution is -0.120. The van der Waals surface area contributed by atoms with Crippen molar-refractivity contribution in [2.45, 2.75) is 24.2 Å². The molecule has 0 spiro atoms. The van der Waals surface area contributed by atoms with Gasteiger partial charge >= 0.3 is 0 Å². The third-order valence-corrected chi connectivity index (χ3v) is 6.51. The van der Waals surface area contributed by atoms with Crippen LogP contribution < -0.4 is 10.2 Å². The van der Waals surface area contributed by atoms with Crippen LogP contribution in [0.3, 0.4) is 0 Å². The van der Waals surface area contributed by atoms with E-state index in [-0.39, 0.29) is 23.0 Å². The number of hydrogen-bond donors (Lipinski definition) is 1. The van der Waals surface area contributed by atoms with Crippen LogP contribution in [0, 0.1) is 5.92 Å². The quantitative estimate of drug-likeness (QED) is 0.776. The first-order valence-electron chi connectivity index (χ1n) is 9.10. The molecule has 0 unspecified atom stereocenters. The van der Waals surface area contributed by atoms with Gasteiger partial charge in [-0.15, -0.1) is 0 Å². The molecule has 3 rings (SSSR count). The van der Waals surface area contributed by atoms with Crippen molar-refractivity contribution in [2.75, 3.05) is 30.3 Å². The summed E-state index contributed by atoms with van der Waals surface area (Å²) in [5.74, 6) is 0.887. The number of rotatable bonds is 7. The molecule has 1 aliphatic rings. The van der Waals surface area contributed by atoms with Crippen molar-refractivity contribution in [3.8, 4) is 0 Å². The van der Waals surface area contributed by atoms with Crippen LogP contribution in [0.5, 0.6) is 0 Å². The van der Waals surface area contributed by atoms with Gasteiger partial charge in [0.15, 0.2) is 9.84 Å². The average molecular weight is 388 g/mol. The fraction of sp³-hybridized carbons (Fsp3) is 0.421. The van der Waals surface area contributed by atoms with Crippen LogP contribution in [-0.2, 0) is 14.6 Å². The Labute approximate surface area is 159 Å². The second kappa shape index (κ2) is 8.94. The van der Waals surface area contributed by atoms with E-state index in [4.69, 9.17) is 0 Å². The van der Waals surface area contributed by atoms with E-state index in [2.05, 4.69) is 20.2 Å². The molecule has 2 aromatic rings. The lowest BCUT2D eigenvalue weighted by Gasteiger charge is -2.32. The molecule has 1 fully saturated rings. The van der Waals surface area contributed by atoms with E-state index in [1.807, 2.05) is 0 Å². The van der Waals surface area contributed by atoms with Crippen molar-refractivity contribution in [3.63, 3.8) is 0 Å². The van der Waals surface area contributed by atoms with Crippen molar-refractivity contribution >= 4 is 21.6 Å². The predicted octanol–water partition coefficient (Wildman–Crippen LogP) is 1.67. The van der Waals surface area contributed by atoms with Crippen LogP contribution in [0.25, 0.3) is 0 Å². The molecule has 0 saturated carbocycles. The molecule has 1 N–H and O–H groups in total. The molecular weight excluding hydrogens is 364 g/mol. The number of nitrogens with one attached hydrogen (secondary N) is 1. The number of hydrogen-bond acceptors (Lipinski definition) is 6. The van der Waals surface area contributed by atoms with Gasteiger partial charge in [-0.2, -0.15) is 0 Å². The molecule has 0 aliphatic carbocycles. The maximum absolute atomic E-state index is 12.2. The molecule has 1 aromatic heterocycles. The van der Waals surface area contributed by atoms with Gasteiger partial charge in [0.25, 0.3) is 0 Å². The van der Waals surface area contributed by atoms with Crippen molar-refractivity contribution in [2.24, 2.45) is 5.92 Å². The standard InChI is InChI=1S/C19H24N4O3S/c24-19(8-13-27(25,26)17-4-2-1-3-5-17)22-14-16-6-11-23(12-7-16)18-15-20-9-10-21-18/h1-5,9-10,15-16H,6-8,11-14H2,(H,22,24). The summed E-state index contributed by atoms with van der Waals surface area (Å²) < 4.78 is 24.4. The number of nitrogens with zero attached hydrogens (tertiary/aromatic N) is 3. The van der Waals surface area contributed by atoms with Crippen LogP contribution in [0.15, 0.2) is 53.8 Å². The van der Waals surface area contributed by atoms with Crippen LogP contribution in [-0.4, -0.2) is 49.7 Å². The second-order valence-electron chi connectivity index (χ2n) is 6.68. The number of carbonyl (C=O) groups excluding carboxylic acids is 1. The highest BCUT2D eigenvalue weighted by Gasteiger charge is 2.21. The molecule has 1 saturated heterocycles. The zero-order chi connectivity index (χ0) is 19.1. The monoisotopic (exact) mass is 388 g/mol. The Kier molecular flexibility index (Phi) is 6.39. The van der Waals surface area contributed by atoms with E-state index in [1.165, 1.54) is 0 Å². The number of piperidine rings is 1. The van der Waals surface area contributed by atoms with Crippen molar-refractivity contribution in [1.29, 1.82) is 0 Å². The molecule has 0 bridgehead atoms. The molecule has 7 nitrogen and oxygen atoms in total. The summed E-state index contributed by atoms with van der Waals surface area (Å²) in [5.41, 5.74) is 0. The number of sulfone groups is 1. The minimum absolute atomic E-state index is 0.0182. The fourth-order valence-electron chi connectivity index (χ4n) is 3.14. The van der Waals surface area contributed by atoms with Gasteiger partial charge in [-0.05, 0) is 30.9 Å². The Hall–Kier alpha value is -2.48. The third kappa shape index (κ3) is 5.50. The largest absolute Gasteiger partial charge is 0.356 e. The molecule has 27 heavy (non-hydrogen) atoms. The van der Waals surface area contributed by atoms with Gasteiger partial charge in [0.05, 0.1) is 16.8 Å². The summed E-state index contributed by atoms with van der Waals surface area (Å²) in [7, 11) is -3.42. The van der Waals surface area contributed by atoms with E-state index in [0.717, 1.165) is 31.7 Å². The number of benzene rings is 1. The average Bonchev–Trinajstić information content (AvgIpc) is 2.72. The van der Waals surface area contributed by atoms with Crippen molar-refractivity contribution < 1.29 is 13.2 Å². The molecule has 144 valence electrons. The summed E-state index contributed by atoms with van der Waals surface area (Å²) in [6.45, 7) is 2.34. The van der Waals surface area contributed by atoms with Crippen LogP contribution >= 0.6 is 0 Å². The van der Waals surface area contributed by atoms with Gasteiger partial charge in [0.2, 0.25) is 5.91 Å². The van der Waals surface area contributed by atoms with E-state index in [9.17, 15) is 13.2 Å². The van der Waals surface area contributed by atoms with Gasteiger partial charge in [-0.25, -0.2) is 13.4 Å². The van der Waals surface area contributed by atoms with Gasteiger partial charge < -0.3 is 10.2 Å². The van der Waals surface area contributed by atoms with Crippen LogP contribution in [0.4, 0.5) is 5.82 Å². The highest BCUT2D eigenvalue weighted by atomic mass is 32.2. The first-order chi connectivity index (χ1) is 13.0. The number of aromatic nitrogens is 2. The summed E-state index contributed by atoms with van der Waals surface area (Å²) in [4.78, 5) is 22.9. The summed E-state index contributed by atoms with van der Waals surface area (Å²) in [6.07, 6.45) is 7.00. The maximum Gasteiger partial charge on any atom is 0.221 e. The van der Waals surface area contributed by atoms with Crippen molar-refractivity contribution in [1.82, 2.24) is 15.3 Å². The molecular formula is C19H24N4O3S. The van der Waals surface area contributed by atoms with Crippen LogP contribution in [0.2, 0.25) is 0 Å². The van der Waals surface area contributed by atoms with E-state index < -0.39 is 9.84 Å². The SMILES string of the molecule is O=C(CCS(=O)(=O)c1ccccc1)NCC1CCN(c2cnccn2)CC1. The molecule has 8 heteroatoms. The number of carbonyl (C=O) groups is 1. The van der Waals surface area contributed by atoms with Gasteiger partial charge in [0.1, 0.15) is 5.82 Å². The molecule has 0 atom stereocenters. The first kappa shape index (κ1) is 19.3. The summed E-state index contributed by atoms with van der Waals surface area (Å²) in [6, 6.07) is 8.23. The molecule has 1 aliphatic heterocycles. The highest BCUT2D eigenvalue weighted by Crippen LogP contribution is 2.20. The highest BCUT2D eigenvalue weighted by molar-refractivity contribution is 7.91. The smallest absolute Gasteiger partial charge is 0.221 e. The molecule has 1 aromatic carbocycles. The van der Waals surface area contributed by atoms with Gasteiger partial charge in [-0.3, -0.25) is 9.78 Å². The summed E-state index contributed by atoms with van der Waals surface area (Å²) >= 11 is 0. The van der Waals surface area contributed by atoms with Crippen LogP contribution in [0.1, 0.15) is 19.3 Å². The number of anilines is 1. The zero-order valence-corrected chi connectivity index (χ0v) is 15.9. The minimum Gasteiger partial charge on any atom is -0.356 e. The minimum atomic E-state index is -3.42.